The van der Waals surface area contributed by atoms with E-state index in [4.69, 9.17) is 4.74 Å². The lowest BCUT2D eigenvalue weighted by Gasteiger charge is -2.34. The molecule has 2 heterocycles. The summed E-state index contributed by atoms with van der Waals surface area (Å²) in [7, 11) is 3.51. The molecule has 1 aliphatic rings. The number of nitrogens with one attached hydrogen (secondary N) is 2. The molecule has 9 heteroatoms. The van der Waals surface area contributed by atoms with Crippen LogP contribution in [0.3, 0.4) is 0 Å². The number of ether oxygens (including phenoxy) is 1. The smallest absolute Gasteiger partial charge is 0.225 e. The zero-order chi connectivity index (χ0) is 18.1. The molecule has 0 atom stereocenters. The van der Waals surface area contributed by atoms with Crippen LogP contribution in [-0.2, 0) is 4.74 Å². The molecule has 0 saturated carbocycles. The van der Waals surface area contributed by atoms with E-state index in [1.807, 2.05) is 19.9 Å². The van der Waals surface area contributed by atoms with Gasteiger partial charge in [-0.05, 0) is 19.9 Å². The van der Waals surface area contributed by atoms with Crippen molar-refractivity contribution in [3.8, 4) is 0 Å². The number of guanidine groups is 1. The van der Waals surface area contributed by atoms with Crippen molar-refractivity contribution in [2.75, 3.05) is 64.9 Å². The average molecular weight is 477 g/mol. The van der Waals surface area contributed by atoms with E-state index in [9.17, 15) is 0 Å². The lowest BCUT2D eigenvalue weighted by molar-refractivity contribution is 0.0268. The Morgan fingerprint density at radius 2 is 1.85 bits per heavy atom. The minimum absolute atomic E-state index is 0. The maximum absolute atomic E-state index is 5.41. The molecule has 148 valence electrons. The molecular formula is C17H32IN7O. The molecule has 0 spiro atoms. The van der Waals surface area contributed by atoms with Gasteiger partial charge in [0.2, 0.25) is 5.95 Å². The van der Waals surface area contributed by atoms with Crippen LogP contribution in [-0.4, -0.2) is 86.4 Å². The first-order chi connectivity index (χ1) is 12.0. The van der Waals surface area contributed by atoms with Gasteiger partial charge in [0.25, 0.3) is 0 Å². The van der Waals surface area contributed by atoms with Crippen LogP contribution in [0.4, 0.5) is 5.95 Å². The number of piperazine rings is 1. The summed E-state index contributed by atoms with van der Waals surface area (Å²) in [5.74, 6) is 1.63. The molecule has 0 amide bonds. The second kappa shape index (κ2) is 11.5. The third kappa shape index (κ3) is 7.58. The van der Waals surface area contributed by atoms with E-state index >= 15 is 0 Å². The predicted octanol–water partition coefficient (Wildman–Crippen LogP) is 0.807. The lowest BCUT2D eigenvalue weighted by atomic mass is 10.1. The van der Waals surface area contributed by atoms with E-state index < -0.39 is 0 Å². The number of aliphatic imine (C=N–C) groups is 1. The largest absolute Gasteiger partial charge is 0.377 e. The summed E-state index contributed by atoms with van der Waals surface area (Å²) in [5, 5.41) is 6.66. The monoisotopic (exact) mass is 477 g/mol. The Kier molecular flexibility index (Phi) is 10.1. The van der Waals surface area contributed by atoms with Crippen LogP contribution in [0.1, 0.15) is 13.8 Å². The van der Waals surface area contributed by atoms with Gasteiger partial charge in [-0.25, -0.2) is 9.97 Å². The van der Waals surface area contributed by atoms with Gasteiger partial charge in [-0.2, -0.15) is 0 Å². The molecule has 0 aromatic carbocycles. The topological polar surface area (TPSA) is 77.9 Å². The maximum Gasteiger partial charge on any atom is 0.225 e. The van der Waals surface area contributed by atoms with Gasteiger partial charge in [0, 0.05) is 72.4 Å². The second-order valence-electron chi connectivity index (χ2n) is 6.69. The van der Waals surface area contributed by atoms with Gasteiger partial charge >= 0.3 is 0 Å². The summed E-state index contributed by atoms with van der Waals surface area (Å²) in [6.07, 6.45) is 3.59. The third-order valence-electron chi connectivity index (χ3n) is 4.39. The highest BCUT2D eigenvalue weighted by Crippen LogP contribution is 2.09. The first-order valence-corrected chi connectivity index (χ1v) is 8.78. The van der Waals surface area contributed by atoms with E-state index in [-0.39, 0.29) is 29.6 Å². The van der Waals surface area contributed by atoms with Gasteiger partial charge in [-0.1, -0.05) is 0 Å². The molecular weight excluding hydrogens is 445 g/mol. The first-order valence-electron chi connectivity index (χ1n) is 8.78. The van der Waals surface area contributed by atoms with Crippen molar-refractivity contribution < 1.29 is 4.74 Å². The summed E-state index contributed by atoms with van der Waals surface area (Å²) < 4.78 is 5.41. The number of rotatable bonds is 7. The Morgan fingerprint density at radius 1 is 1.19 bits per heavy atom. The van der Waals surface area contributed by atoms with Gasteiger partial charge in [0.05, 0.1) is 5.60 Å². The maximum atomic E-state index is 5.41. The van der Waals surface area contributed by atoms with Gasteiger partial charge < -0.3 is 20.3 Å². The van der Waals surface area contributed by atoms with E-state index in [0.717, 1.165) is 51.2 Å². The first kappa shape index (κ1) is 22.8. The molecule has 1 aliphatic heterocycles. The SMILES string of the molecule is CN=C(NCCN1CCN(c2ncccn2)CC1)NCC(C)(C)OC.I. The predicted molar refractivity (Wildman–Crippen MR) is 117 cm³/mol. The van der Waals surface area contributed by atoms with Crippen molar-refractivity contribution in [2.24, 2.45) is 4.99 Å². The normalized spacial score (nSPS) is 16.2. The van der Waals surface area contributed by atoms with Crippen molar-refractivity contribution in [3.05, 3.63) is 18.5 Å². The minimum atomic E-state index is -0.215. The van der Waals surface area contributed by atoms with Crippen LogP contribution in [0.25, 0.3) is 0 Å². The van der Waals surface area contributed by atoms with Gasteiger partial charge in [-0.15, -0.1) is 24.0 Å². The number of halogens is 1. The fourth-order valence-corrected chi connectivity index (χ4v) is 2.55. The van der Waals surface area contributed by atoms with E-state index in [0.29, 0.717) is 6.54 Å². The summed E-state index contributed by atoms with van der Waals surface area (Å²) in [6, 6.07) is 1.85. The van der Waals surface area contributed by atoms with E-state index in [1.54, 1.807) is 26.6 Å². The number of anilines is 1. The van der Waals surface area contributed by atoms with Crippen LogP contribution in [0, 0.1) is 0 Å². The molecule has 0 aliphatic carbocycles. The van der Waals surface area contributed by atoms with Crippen molar-refractivity contribution in [2.45, 2.75) is 19.4 Å². The number of hydrogen-bond acceptors (Lipinski definition) is 6. The van der Waals surface area contributed by atoms with E-state index in [1.165, 1.54) is 0 Å². The number of hydrogen-bond donors (Lipinski definition) is 2. The molecule has 1 aromatic heterocycles. The Hall–Kier alpha value is -1.20. The summed E-state index contributed by atoms with van der Waals surface area (Å²) in [4.78, 5) is 17.6. The molecule has 1 saturated heterocycles. The fraction of sp³-hybridized carbons (Fsp3) is 0.706. The standard InChI is InChI=1S/C17H31N7O.HI/c1-17(2,25-4)14-22-15(18-3)19-8-9-23-10-12-24(13-11-23)16-20-6-5-7-21-16;/h5-7H,8-14H2,1-4H3,(H2,18,19,22);1H. The number of nitrogens with zero attached hydrogens (tertiary/aromatic N) is 5. The van der Waals surface area contributed by atoms with Gasteiger partial charge in [0.1, 0.15) is 0 Å². The highest BCUT2D eigenvalue weighted by Gasteiger charge is 2.19. The Morgan fingerprint density at radius 3 is 2.42 bits per heavy atom. The van der Waals surface area contributed by atoms with Crippen LogP contribution < -0.4 is 15.5 Å². The van der Waals surface area contributed by atoms with Crippen molar-refractivity contribution in [3.63, 3.8) is 0 Å². The molecule has 8 nitrogen and oxygen atoms in total. The van der Waals surface area contributed by atoms with Crippen molar-refractivity contribution >= 4 is 35.9 Å². The molecule has 0 bridgehead atoms. The third-order valence-corrected chi connectivity index (χ3v) is 4.39. The zero-order valence-corrected chi connectivity index (χ0v) is 18.6. The summed E-state index contributed by atoms with van der Waals surface area (Å²) in [5.41, 5.74) is -0.215. The summed E-state index contributed by atoms with van der Waals surface area (Å²) in [6.45, 7) is 10.6. The van der Waals surface area contributed by atoms with Gasteiger partial charge in [0.15, 0.2) is 5.96 Å². The van der Waals surface area contributed by atoms with Crippen LogP contribution >= 0.6 is 24.0 Å². The minimum Gasteiger partial charge on any atom is -0.377 e. The second-order valence-corrected chi connectivity index (χ2v) is 6.69. The molecule has 26 heavy (non-hydrogen) atoms. The molecule has 1 aromatic rings. The van der Waals surface area contributed by atoms with E-state index in [2.05, 4.69) is 35.4 Å². The summed E-state index contributed by atoms with van der Waals surface area (Å²) >= 11 is 0. The Labute approximate surface area is 173 Å². The molecule has 1 fully saturated rings. The average Bonchev–Trinajstić information content (AvgIpc) is 2.65. The van der Waals surface area contributed by atoms with Crippen LogP contribution in [0.2, 0.25) is 0 Å². The zero-order valence-electron chi connectivity index (χ0n) is 16.2. The number of methoxy groups -OCH3 is 1. The molecule has 0 radical (unpaired) electrons. The quantitative estimate of drug-likeness (QED) is 0.342. The molecule has 2 rings (SSSR count). The molecule has 2 N–H and O–H groups in total. The lowest BCUT2D eigenvalue weighted by Crippen LogP contribution is -2.50. The van der Waals surface area contributed by atoms with Crippen LogP contribution in [0.15, 0.2) is 23.5 Å². The fourth-order valence-electron chi connectivity index (χ4n) is 2.55. The Balaban J connectivity index is 0.00000338. The Bertz CT molecular complexity index is 533. The molecule has 0 unspecified atom stereocenters. The van der Waals surface area contributed by atoms with Crippen molar-refractivity contribution in [1.29, 1.82) is 0 Å². The highest BCUT2D eigenvalue weighted by atomic mass is 127. The van der Waals surface area contributed by atoms with Gasteiger partial charge in [-0.3, -0.25) is 9.89 Å². The van der Waals surface area contributed by atoms with Crippen molar-refractivity contribution in [1.82, 2.24) is 25.5 Å². The highest BCUT2D eigenvalue weighted by molar-refractivity contribution is 14.0. The van der Waals surface area contributed by atoms with Crippen LogP contribution in [0.5, 0.6) is 0 Å². The number of aromatic nitrogens is 2.